The van der Waals surface area contributed by atoms with E-state index >= 15 is 0 Å². The van der Waals surface area contributed by atoms with Gasteiger partial charge in [-0.2, -0.15) is 0 Å². The van der Waals surface area contributed by atoms with Gasteiger partial charge in [-0.3, -0.25) is 14.7 Å². The van der Waals surface area contributed by atoms with Gasteiger partial charge in [-0.25, -0.2) is 4.39 Å². The van der Waals surface area contributed by atoms with Gasteiger partial charge in [0, 0.05) is 37.9 Å². The van der Waals surface area contributed by atoms with Crippen LogP contribution in [-0.4, -0.2) is 48.4 Å². The number of carbonyl (C=O) groups is 1. The molecular weight excluding hydrogens is 209 g/mol. The van der Waals surface area contributed by atoms with Crippen LogP contribution >= 0.6 is 0 Å². The molecule has 1 aromatic heterocycles. The summed E-state index contributed by atoms with van der Waals surface area (Å²) >= 11 is 0. The Hall–Kier alpha value is -1.33. The van der Waals surface area contributed by atoms with Gasteiger partial charge in [0.15, 0.2) is 5.78 Å². The number of halogens is 1. The number of hydrogen-bond donors (Lipinski definition) is 1. The van der Waals surface area contributed by atoms with Crippen LogP contribution in [0.15, 0.2) is 18.5 Å². The Labute approximate surface area is 93.5 Å². The lowest BCUT2D eigenvalue weighted by molar-refractivity contribution is 0.0920. The van der Waals surface area contributed by atoms with Gasteiger partial charge < -0.3 is 5.32 Å². The summed E-state index contributed by atoms with van der Waals surface area (Å²) < 4.78 is 12.9. The van der Waals surface area contributed by atoms with E-state index in [1.165, 1.54) is 12.3 Å². The Bertz CT molecular complexity index is 377. The molecule has 0 unspecified atom stereocenters. The van der Waals surface area contributed by atoms with Gasteiger partial charge in [-0.1, -0.05) is 0 Å². The highest BCUT2D eigenvalue weighted by atomic mass is 19.1. The standard InChI is InChI=1S/C11H14FN3O/c12-10-5-9(6-14-7-10)11(16)8-15-3-1-13-2-4-15/h5-7,13H,1-4,8H2. The van der Waals surface area contributed by atoms with Crippen LogP contribution in [0.3, 0.4) is 0 Å². The molecule has 2 rings (SSSR count). The molecule has 0 atom stereocenters. The second-order valence-electron chi connectivity index (χ2n) is 3.84. The van der Waals surface area contributed by atoms with Crippen LogP contribution in [0.4, 0.5) is 4.39 Å². The number of Topliss-reactive ketones (excluding diaryl/α,β-unsaturated/α-hetero) is 1. The average Bonchev–Trinajstić information content (AvgIpc) is 2.30. The Kier molecular flexibility index (Phi) is 3.58. The van der Waals surface area contributed by atoms with Crippen molar-refractivity contribution in [1.82, 2.24) is 15.2 Å². The first-order valence-electron chi connectivity index (χ1n) is 5.32. The molecular formula is C11H14FN3O. The number of rotatable bonds is 3. The van der Waals surface area contributed by atoms with Crippen molar-refractivity contribution in [3.8, 4) is 0 Å². The second-order valence-corrected chi connectivity index (χ2v) is 3.84. The molecule has 86 valence electrons. The van der Waals surface area contributed by atoms with E-state index in [-0.39, 0.29) is 5.78 Å². The molecule has 1 fully saturated rings. The molecule has 0 amide bonds. The zero-order chi connectivity index (χ0) is 11.4. The van der Waals surface area contributed by atoms with Gasteiger partial charge in [-0.05, 0) is 6.07 Å². The normalized spacial score (nSPS) is 17.3. The van der Waals surface area contributed by atoms with E-state index in [2.05, 4.69) is 15.2 Å². The summed E-state index contributed by atoms with van der Waals surface area (Å²) in [4.78, 5) is 17.5. The summed E-state index contributed by atoms with van der Waals surface area (Å²) in [7, 11) is 0. The van der Waals surface area contributed by atoms with Crippen molar-refractivity contribution >= 4 is 5.78 Å². The number of ketones is 1. The van der Waals surface area contributed by atoms with Crippen LogP contribution in [0.5, 0.6) is 0 Å². The molecule has 5 heteroatoms. The van der Waals surface area contributed by atoms with Crippen molar-refractivity contribution in [2.24, 2.45) is 0 Å². The van der Waals surface area contributed by atoms with Crippen molar-refractivity contribution in [2.45, 2.75) is 0 Å². The molecule has 0 saturated carbocycles. The van der Waals surface area contributed by atoms with Crippen molar-refractivity contribution in [1.29, 1.82) is 0 Å². The second kappa shape index (κ2) is 5.14. The molecule has 16 heavy (non-hydrogen) atoms. The monoisotopic (exact) mass is 223 g/mol. The lowest BCUT2D eigenvalue weighted by atomic mass is 10.1. The molecule has 0 radical (unpaired) electrons. The zero-order valence-electron chi connectivity index (χ0n) is 8.95. The fraction of sp³-hybridized carbons (Fsp3) is 0.455. The van der Waals surface area contributed by atoms with Crippen LogP contribution in [0.1, 0.15) is 10.4 Å². The summed E-state index contributed by atoms with van der Waals surface area (Å²) in [6.45, 7) is 3.85. The van der Waals surface area contributed by atoms with E-state index < -0.39 is 5.82 Å². The molecule has 0 aliphatic carbocycles. The highest BCUT2D eigenvalue weighted by Crippen LogP contribution is 2.04. The van der Waals surface area contributed by atoms with Crippen LogP contribution in [0, 0.1) is 5.82 Å². The maximum atomic E-state index is 12.9. The Morgan fingerprint density at radius 3 is 2.88 bits per heavy atom. The molecule has 1 aliphatic rings. The maximum absolute atomic E-state index is 12.9. The minimum absolute atomic E-state index is 0.0751. The van der Waals surface area contributed by atoms with E-state index in [9.17, 15) is 9.18 Å². The molecule has 1 aliphatic heterocycles. The van der Waals surface area contributed by atoms with E-state index in [4.69, 9.17) is 0 Å². The molecule has 0 bridgehead atoms. The third-order valence-corrected chi connectivity index (χ3v) is 2.60. The third-order valence-electron chi connectivity index (χ3n) is 2.60. The highest BCUT2D eigenvalue weighted by molar-refractivity contribution is 5.97. The minimum atomic E-state index is -0.467. The van der Waals surface area contributed by atoms with E-state index in [1.807, 2.05) is 0 Å². The van der Waals surface area contributed by atoms with Gasteiger partial charge in [-0.15, -0.1) is 0 Å². The Morgan fingerprint density at radius 2 is 2.19 bits per heavy atom. The van der Waals surface area contributed by atoms with E-state index in [1.54, 1.807) is 0 Å². The average molecular weight is 223 g/mol. The van der Waals surface area contributed by atoms with Gasteiger partial charge in [0.1, 0.15) is 5.82 Å². The summed E-state index contributed by atoms with van der Waals surface area (Å²) in [5.41, 5.74) is 0.346. The summed E-state index contributed by atoms with van der Waals surface area (Å²) in [6, 6.07) is 1.23. The van der Waals surface area contributed by atoms with Crippen LogP contribution in [-0.2, 0) is 0 Å². The quantitative estimate of drug-likeness (QED) is 0.749. The number of pyridine rings is 1. The predicted octanol–water partition coefficient (Wildman–Crippen LogP) is 0.309. The first-order valence-corrected chi connectivity index (χ1v) is 5.32. The van der Waals surface area contributed by atoms with Crippen LogP contribution < -0.4 is 5.32 Å². The highest BCUT2D eigenvalue weighted by Gasteiger charge is 2.15. The lowest BCUT2D eigenvalue weighted by Crippen LogP contribution is -2.45. The molecule has 1 N–H and O–H groups in total. The summed E-state index contributed by atoms with van der Waals surface area (Å²) in [5.74, 6) is -0.542. The fourth-order valence-corrected chi connectivity index (χ4v) is 1.73. The van der Waals surface area contributed by atoms with Crippen molar-refractivity contribution < 1.29 is 9.18 Å². The molecule has 0 spiro atoms. The lowest BCUT2D eigenvalue weighted by Gasteiger charge is -2.26. The maximum Gasteiger partial charge on any atom is 0.178 e. The zero-order valence-corrected chi connectivity index (χ0v) is 8.95. The molecule has 1 saturated heterocycles. The number of nitrogens with one attached hydrogen (secondary N) is 1. The first kappa shape index (κ1) is 11.2. The summed E-state index contributed by atoms with van der Waals surface area (Å²) in [6.07, 6.45) is 2.51. The Morgan fingerprint density at radius 1 is 1.44 bits per heavy atom. The number of hydrogen-bond acceptors (Lipinski definition) is 4. The van der Waals surface area contributed by atoms with Gasteiger partial charge in [0.05, 0.1) is 12.7 Å². The first-order chi connectivity index (χ1) is 7.75. The number of carbonyl (C=O) groups excluding carboxylic acids is 1. The minimum Gasteiger partial charge on any atom is -0.314 e. The van der Waals surface area contributed by atoms with E-state index in [0.717, 1.165) is 32.4 Å². The van der Waals surface area contributed by atoms with Gasteiger partial charge >= 0.3 is 0 Å². The largest absolute Gasteiger partial charge is 0.314 e. The van der Waals surface area contributed by atoms with Gasteiger partial charge in [0.2, 0.25) is 0 Å². The molecule has 1 aromatic rings. The van der Waals surface area contributed by atoms with Gasteiger partial charge in [0.25, 0.3) is 0 Å². The predicted molar refractivity (Wildman–Crippen MR) is 57.8 cm³/mol. The molecule has 4 nitrogen and oxygen atoms in total. The molecule has 0 aromatic carbocycles. The SMILES string of the molecule is O=C(CN1CCNCC1)c1cncc(F)c1. The topological polar surface area (TPSA) is 45.2 Å². The smallest absolute Gasteiger partial charge is 0.178 e. The number of nitrogens with zero attached hydrogens (tertiary/aromatic N) is 2. The van der Waals surface area contributed by atoms with E-state index in [0.29, 0.717) is 12.1 Å². The fourth-order valence-electron chi connectivity index (χ4n) is 1.73. The number of aromatic nitrogens is 1. The number of piperazine rings is 1. The molecule has 2 heterocycles. The van der Waals surface area contributed by atoms with Crippen LogP contribution in [0.25, 0.3) is 0 Å². The van der Waals surface area contributed by atoms with Crippen LogP contribution in [0.2, 0.25) is 0 Å². The van der Waals surface area contributed by atoms with Crippen molar-refractivity contribution in [3.63, 3.8) is 0 Å². The third kappa shape index (κ3) is 2.84. The summed E-state index contributed by atoms with van der Waals surface area (Å²) in [5, 5.41) is 3.21. The Balaban J connectivity index is 1.97. The van der Waals surface area contributed by atoms with Crippen molar-refractivity contribution in [2.75, 3.05) is 32.7 Å². The van der Waals surface area contributed by atoms with Crippen molar-refractivity contribution in [3.05, 3.63) is 29.8 Å².